The molecule has 0 aliphatic carbocycles. The maximum Gasteiger partial charge on any atom is 2.00 e. The van der Waals surface area contributed by atoms with Crippen molar-refractivity contribution in [3.05, 3.63) is 42.5 Å². The molecule has 1 radical (unpaired) electrons. The minimum Gasteiger partial charge on any atom is -0.759 e. The Morgan fingerprint density at radius 2 is 1.81 bits per heavy atom. The first-order valence-electron chi connectivity index (χ1n) is 5.00. The molecule has 0 unspecified atom stereocenters. The van der Waals surface area contributed by atoms with Crippen molar-refractivity contribution in [3.8, 4) is 0 Å². The number of hydrogen-bond acceptors (Lipinski definition) is 7. The zero-order valence-electron chi connectivity index (χ0n) is 10.2. The van der Waals surface area contributed by atoms with Gasteiger partial charge in [0.05, 0.1) is 5.56 Å². The van der Waals surface area contributed by atoms with Gasteiger partial charge in [0, 0.05) is 10.4 Å². The molecule has 1 aliphatic rings. The summed E-state index contributed by atoms with van der Waals surface area (Å²) in [6.45, 7) is 3.72. The van der Waals surface area contributed by atoms with Crippen LogP contribution in [0, 0.1) is 0 Å². The minimum atomic E-state index is -5.17. The molecule has 0 amide bonds. The van der Waals surface area contributed by atoms with E-state index in [1.165, 1.54) is 12.1 Å². The molecule has 0 saturated carbocycles. The second-order valence-electron chi connectivity index (χ2n) is 3.38. The van der Waals surface area contributed by atoms with Gasteiger partial charge in [0.25, 0.3) is 10.0 Å². The number of benzene rings is 1. The monoisotopic (exact) mass is 382 g/mol. The van der Waals surface area contributed by atoms with Crippen molar-refractivity contribution in [2.75, 3.05) is 6.61 Å². The van der Waals surface area contributed by atoms with Gasteiger partial charge >= 0.3 is 17.1 Å². The summed E-state index contributed by atoms with van der Waals surface area (Å²) < 4.78 is 65.9. The molecular weight excluding hydrogens is 374 g/mol. The van der Waals surface area contributed by atoms with Crippen LogP contribution in [0.2, 0.25) is 0 Å². The molecule has 21 heavy (non-hydrogen) atoms. The third-order valence-corrected chi connectivity index (χ3v) is 3.25. The number of hydrogen-bond donors (Lipinski definition) is 0. The van der Waals surface area contributed by atoms with Crippen molar-refractivity contribution < 1.29 is 47.7 Å². The summed E-state index contributed by atoms with van der Waals surface area (Å²) in [5, 5.41) is 0. The van der Waals surface area contributed by atoms with Crippen molar-refractivity contribution in [2.45, 2.75) is 4.90 Å². The maximum absolute atomic E-state index is 11.5. The van der Waals surface area contributed by atoms with Gasteiger partial charge in [0.15, 0.2) is 0 Å². The average molecular weight is 383 g/mol. The summed E-state index contributed by atoms with van der Waals surface area (Å²) in [7, 11) is -8.72. The smallest absolute Gasteiger partial charge is 0.759 e. The zero-order valence-corrected chi connectivity index (χ0v) is 12.8. The average Bonchev–Trinajstić information content (AvgIpc) is 2.57. The van der Waals surface area contributed by atoms with E-state index in [9.17, 15) is 8.42 Å². The molecule has 1 aliphatic heterocycles. The van der Waals surface area contributed by atoms with E-state index in [2.05, 4.69) is 11.0 Å². The van der Waals surface area contributed by atoms with E-state index in [0.717, 1.165) is 0 Å². The van der Waals surface area contributed by atoms with Crippen LogP contribution in [-0.2, 0) is 42.2 Å². The van der Waals surface area contributed by atoms with Gasteiger partial charge in [-0.3, -0.25) is 8.42 Å². The molecule has 11 heteroatoms. The van der Waals surface area contributed by atoms with Crippen LogP contribution < -0.4 is 0 Å². The first-order valence-corrected chi connectivity index (χ1v) is 7.77. The Hall–Kier alpha value is -1.23. The van der Waals surface area contributed by atoms with E-state index < -0.39 is 20.4 Å². The number of sulfonamides is 1. The second kappa shape index (κ2) is 7.69. The van der Waals surface area contributed by atoms with Crippen LogP contribution in [0.15, 0.2) is 46.2 Å². The predicted molar refractivity (Wildman–Crippen MR) is 66.8 cm³/mol. The molecular formula is C10H9CuNO7S2. The molecule has 0 N–H and O–H groups in total. The van der Waals surface area contributed by atoms with Crippen LogP contribution in [-0.4, -0.2) is 38.4 Å². The molecule has 0 bridgehead atoms. The van der Waals surface area contributed by atoms with E-state index >= 15 is 0 Å². The SMILES string of the molecule is C=CCOC1=NS(=O)(=O)c2ccccc21.O=S(=O)([O-])[O-].[Cu+2]. The molecule has 0 spiro atoms. The van der Waals surface area contributed by atoms with Gasteiger partial charge in [-0.25, -0.2) is 0 Å². The number of fused-ring (bicyclic) bond motifs is 1. The van der Waals surface area contributed by atoms with E-state index in [1.54, 1.807) is 18.2 Å². The number of nitrogens with zero attached hydrogens (tertiary/aromatic N) is 1. The summed E-state index contributed by atoms with van der Waals surface area (Å²) in [6, 6.07) is 6.58. The Bertz CT molecular complexity index is 732. The standard InChI is InChI=1S/C10H9NO3S.Cu.H2O4S/c1-2-7-14-10-8-5-3-4-6-9(8)15(12,13)11-10;;1-5(2,3)4/h2-6H,1,7H2;;(H2,1,2,3,4)/q;+2;/p-2. The molecule has 1 aromatic rings. The Morgan fingerprint density at radius 3 is 2.33 bits per heavy atom. The maximum atomic E-state index is 11.5. The molecule has 0 saturated heterocycles. The summed E-state index contributed by atoms with van der Waals surface area (Å²) in [6.07, 6.45) is 1.54. The first-order chi connectivity index (χ1) is 9.15. The second-order valence-corrected chi connectivity index (χ2v) is 5.76. The predicted octanol–water partition coefficient (Wildman–Crippen LogP) is -0.00240. The van der Waals surface area contributed by atoms with E-state index in [-0.39, 0.29) is 34.5 Å². The van der Waals surface area contributed by atoms with E-state index in [0.29, 0.717) is 5.56 Å². The molecule has 1 aromatic carbocycles. The van der Waals surface area contributed by atoms with Crippen molar-refractivity contribution in [1.82, 2.24) is 0 Å². The van der Waals surface area contributed by atoms with Crippen LogP contribution in [0.4, 0.5) is 0 Å². The summed E-state index contributed by atoms with van der Waals surface area (Å²) in [5.74, 6) is 0.144. The Labute approximate surface area is 132 Å². The summed E-state index contributed by atoms with van der Waals surface area (Å²) in [5.41, 5.74) is 0.513. The fourth-order valence-corrected chi connectivity index (χ4v) is 2.47. The van der Waals surface area contributed by atoms with Crippen molar-refractivity contribution >= 4 is 26.3 Å². The van der Waals surface area contributed by atoms with Crippen LogP contribution >= 0.6 is 0 Å². The third-order valence-electron chi connectivity index (χ3n) is 1.94. The van der Waals surface area contributed by atoms with Gasteiger partial charge in [0.1, 0.15) is 11.5 Å². The van der Waals surface area contributed by atoms with E-state index in [1.807, 2.05) is 0 Å². The van der Waals surface area contributed by atoms with Gasteiger partial charge < -0.3 is 13.8 Å². The number of rotatable bonds is 2. The van der Waals surface area contributed by atoms with Gasteiger partial charge in [-0.15, -0.1) is 4.40 Å². The fourth-order valence-electron chi connectivity index (χ4n) is 1.32. The molecule has 8 nitrogen and oxygen atoms in total. The van der Waals surface area contributed by atoms with Crippen LogP contribution in [0.25, 0.3) is 0 Å². The van der Waals surface area contributed by atoms with Crippen LogP contribution in [0.1, 0.15) is 5.56 Å². The summed E-state index contributed by atoms with van der Waals surface area (Å²) >= 11 is 0. The summed E-state index contributed by atoms with van der Waals surface area (Å²) in [4.78, 5) is 0.198. The van der Waals surface area contributed by atoms with Crippen molar-refractivity contribution in [2.24, 2.45) is 4.40 Å². The third kappa shape index (κ3) is 6.38. The van der Waals surface area contributed by atoms with Gasteiger partial charge in [0.2, 0.25) is 5.90 Å². The Morgan fingerprint density at radius 1 is 1.29 bits per heavy atom. The zero-order chi connectivity index (χ0) is 15.4. The van der Waals surface area contributed by atoms with Gasteiger partial charge in [-0.1, -0.05) is 24.8 Å². The minimum absolute atomic E-state index is 0. The normalized spacial score (nSPS) is 14.7. The molecule has 119 valence electrons. The van der Waals surface area contributed by atoms with Gasteiger partial charge in [-0.05, 0) is 12.1 Å². The van der Waals surface area contributed by atoms with Crippen molar-refractivity contribution in [3.63, 3.8) is 0 Å². The van der Waals surface area contributed by atoms with Crippen LogP contribution in [0.3, 0.4) is 0 Å². The first kappa shape index (κ1) is 19.8. The fraction of sp³-hybridized carbons (Fsp3) is 0.100. The molecule has 1 heterocycles. The molecule has 0 aromatic heterocycles. The van der Waals surface area contributed by atoms with Crippen LogP contribution in [0.5, 0.6) is 0 Å². The van der Waals surface area contributed by atoms with E-state index in [4.69, 9.17) is 22.3 Å². The topological polar surface area (TPSA) is 136 Å². The number of ether oxygens (including phenoxy) is 1. The molecule has 0 atom stereocenters. The molecule has 0 fully saturated rings. The molecule has 2 rings (SSSR count). The Balaban J connectivity index is 0.000000583. The Kier molecular flexibility index (Phi) is 7.24. The van der Waals surface area contributed by atoms with Crippen molar-refractivity contribution in [1.29, 1.82) is 0 Å². The largest absolute Gasteiger partial charge is 2.00 e. The quantitative estimate of drug-likeness (QED) is 0.304. The van der Waals surface area contributed by atoms with Gasteiger partial charge in [-0.2, -0.15) is 8.42 Å².